The molecule has 2 saturated carbocycles. The summed E-state index contributed by atoms with van der Waals surface area (Å²) in [5, 5.41) is 9.13. The van der Waals surface area contributed by atoms with Gasteiger partial charge >= 0.3 is 0 Å². The first-order valence-corrected chi connectivity index (χ1v) is 13.3. The van der Waals surface area contributed by atoms with Crippen LogP contribution in [0.15, 0.2) is 55.0 Å². The Bertz CT molecular complexity index is 1280. The number of ether oxygens (including phenoxy) is 1. The van der Waals surface area contributed by atoms with Crippen LogP contribution in [0.25, 0.3) is 0 Å². The maximum Gasteiger partial charge on any atom is 0.254 e. The highest BCUT2D eigenvalue weighted by molar-refractivity contribution is 5.96. The topological polar surface area (TPSA) is 85.2 Å². The van der Waals surface area contributed by atoms with Crippen molar-refractivity contribution in [1.82, 2.24) is 19.8 Å². The van der Waals surface area contributed by atoms with Gasteiger partial charge in [0.1, 0.15) is 5.75 Å². The lowest BCUT2D eigenvalue weighted by molar-refractivity contribution is 0.0561. The van der Waals surface area contributed by atoms with Gasteiger partial charge in [0.15, 0.2) is 0 Å². The van der Waals surface area contributed by atoms with Gasteiger partial charge in [-0.1, -0.05) is 18.2 Å². The summed E-state index contributed by atoms with van der Waals surface area (Å²) in [6.07, 6.45) is 8.14. The zero-order valence-electron chi connectivity index (χ0n) is 21.3. The van der Waals surface area contributed by atoms with E-state index in [9.17, 15) is 4.79 Å². The van der Waals surface area contributed by atoms with E-state index in [1.807, 2.05) is 53.6 Å². The normalized spacial score (nSPS) is 23.8. The fraction of sp³-hybridized carbons (Fsp3) is 0.433. The Kier molecular flexibility index (Phi) is 6.43. The van der Waals surface area contributed by atoms with Crippen molar-refractivity contribution in [3.8, 4) is 11.8 Å². The van der Waals surface area contributed by atoms with E-state index in [1.54, 1.807) is 13.4 Å². The van der Waals surface area contributed by atoms with E-state index < -0.39 is 0 Å². The molecule has 3 unspecified atom stereocenters. The average molecular weight is 496 g/mol. The molecule has 1 saturated heterocycles. The first-order chi connectivity index (χ1) is 18.1. The predicted octanol–water partition coefficient (Wildman–Crippen LogP) is 4.55. The Morgan fingerprint density at radius 3 is 2.51 bits per heavy atom. The van der Waals surface area contributed by atoms with Gasteiger partial charge in [-0.3, -0.25) is 9.69 Å². The minimum absolute atomic E-state index is 0.124. The molecule has 1 aromatic heterocycles. The van der Waals surface area contributed by atoms with Gasteiger partial charge in [-0.05, 0) is 73.3 Å². The Labute approximate surface area is 218 Å². The number of fused-ring (bicyclic) bond motifs is 1. The highest BCUT2D eigenvalue weighted by Crippen LogP contribution is 2.59. The molecule has 2 aromatic carbocycles. The van der Waals surface area contributed by atoms with Crippen molar-refractivity contribution in [3.63, 3.8) is 0 Å². The molecule has 2 heterocycles. The molecule has 1 aliphatic heterocycles. The van der Waals surface area contributed by atoms with Gasteiger partial charge in [-0.2, -0.15) is 5.26 Å². The smallest absolute Gasteiger partial charge is 0.254 e. The fourth-order valence-corrected chi connectivity index (χ4v) is 6.51. The van der Waals surface area contributed by atoms with Gasteiger partial charge in [0.05, 0.1) is 36.8 Å². The van der Waals surface area contributed by atoms with Gasteiger partial charge in [0.2, 0.25) is 0 Å². The van der Waals surface area contributed by atoms with E-state index in [0.29, 0.717) is 24.6 Å². The number of imidazole rings is 1. The molecule has 3 aliphatic rings. The van der Waals surface area contributed by atoms with E-state index in [0.717, 1.165) is 53.9 Å². The lowest BCUT2D eigenvalue weighted by atomic mass is 9.88. The average Bonchev–Trinajstić information content (AvgIpc) is 3.31. The van der Waals surface area contributed by atoms with Crippen molar-refractivity contribution >= 4 is 5.91 Å². The maximum absolute atomic E-state index is 13.8. The number of benzene rings is 2. The Balaban J connectivity index is 1.17. The number of rotatable bonds is 7. The number of nitrogens with zero attached hydrogens (tertiary/aromatic N) is 4. The Morgan fingerprint density at radius 1 is 1.11 bits per heavy atom. The molecule has 3 fully saturated rings. The SMILES string of the molecule is COc1cccc(C(=O)N2CCN(C(Cc3ccc(C#N)cc3)c3cnc[nH]3)CC2)c1C1CC2CC2C1. The number of amides is 1. The quantitative estimate of drug-likeness (QED) is 0.520. The molecule has 37 heavy (non-hydrogen) atoms. The summed E-state index contributed by atoms with van der Waals surface area (Å²) in [6.45, 7) is 2.95. The first-order valence-electron chi connectivity index (χ1n) is 13.3. The summed E-state index contributed by atoms with van der Waals surface area (Å²) in [6, 6.07) is 16.1. The molecule has 3 atom stereocenters. The van der Waals surface area contributed by atoms with Crippen LogP contribution in [0, 0.1) is 23.2 Å². The van der Waals surface area contributed by atoms with Gasteiger partial charge in [0, 0.05) is 43.5 Å². The van der Waals surface area contributed by atoms with Crippen molar-refractivity contribution in [3.05, 3.63) is 82.9 Å². The summed E-state index contributed by atoms with van der Waals surface area (Å²) in [5.41, 5.74) is 4.86. The monoisotopic (exact) mass is 495 g/mol. The molecular weight excluding hydrogens is 462 g/mol. The Hall–Kier alpha value is -3.63. The van der Waals surface area contributed by atoms with Crippen LogP contribution < -0.4 is 4.74 Å². The number of hydrogen-bond donors (Lipinski definition) is 1. The highest BCUT2D eigenvalue weighted by Gasteiger charge is 2.47. The molecular formula is C30H33N5O2. The first kappa shape index (κ1) is 23.7. The molecule has 6 rings (SSSR count). The van der Waals surface area contributed by atoms with Gasteiger partial charge in [0.25, 0.3) is 5.91 Å². The molecule has 190 valence electrons. The minimum Gasteiger partial charge on any atom is -0.496 e. The number of aromatic amines is 1. The lowest BCUT2D eigenvalue weighted by Crippen LogP contribution is -2.50. The van der Waals surface area contributed by atoms with E-state index >= 15 is 0 Å². The Morgan fingerprint density at radius 2 is 1.86 bits per heavy atom. The molecule has 7 nitrogen and oxygen atoms in total. The number of carbonyl (C=O) groups is 1. The third kappa shape index (κ3) is 4.74. The summed E-state index contributed by atoms with van der Waals surface area (Å²) in [7, 11) is 1.71. The van der Waals surface area contributed by atoms with Crippen molar-refractivity contribution in [2.75, 3.05) is 33.3 Å². The molecule has 1 N–H and O–H groups in total. The van der Waals surface area contributed by atoms with Crippen LogP contribution in [-0.2, 0) is 6.42 Å². The summed E-state index contributed by atoms with van der Waals surface area (Å²) >= 11 is 0. The zero-order chi connectivity index (χ0) is 25.4. The van der Waals surface area contributed by atoms with Crippen LogP contribution in [0.4, 0.5) is 0 Å². The number of H-pyrrole nitrogens is 1. The largest absolute Gasteiger partial charge is 0.496 e. The van der Waals surface area contributed by atoms with E-state index in [2.05, 4.69) is 20.9 Å². The van der Waals surface area contributed by atoms with Crippen molar-refractivity contribution in [2.24, 2.45) is 11.8 Å². The van der Waals surface area contributed by atoms with Crippen LogP contribution in [0.2, 0.25) is 0 Å². The third-order valence-corrected chi connectivity index (χ3v) is 8.60. The molecule has 0 spiro atoms. The summed E-state index contributed by atoms with van der Waals surface area (Å²) < 4.78 is 5.74. The van der Waals surface area contributed by atoms with Crippen LogP contribution in [0.1, 0.15) is 64.0 Å². The van der Waals surface area contributed by atoms with Crippen LogP contribution in [0.3, 0.4) is 0 Å². The van der Waals surface area contributed by atoms with Gasteiger partial charge < -0.3 is 14.6 Å². The van der Waals surface area contributed by atoms with Crippen molar-refractivity contribution in [2.45, 2.75) is 37.6 Å². The number of methoxy groups -OCH3 is 1. The van der Waals surface area contributed by atoms with E-state index in [4.69, 9.17) is 10.00 Å². The summed E-state index contributed by atoms with van der Waals surface area (Å²) in [4.78, 5) is 25.8. The molecule has 3 aromatic rings. The van der Waals surface area contributed by atoms with Gasteiger partial charge in [-0.25, -0.2) is 4.98 Å². The van der Waals surface area contributed by atoms with Gasteiger partial charge in [-0.15, -0.1) is 0 Å². The number of carbonyl (C=O) groups excluding carboxylic acids is 1. The van der Waals surface area contributed by atoms with Crippen molar-refractivity contribution < 1.29 is 9.53 Å². The molecule has 7 heteroatoms. The number of nitrogens with one attached hydrogen (secondary N) is 1. The van der Waals surface area contributed by atoms with Crippen LogP contribution in [-0.4, -0.2) is 59.0 Å². The molecule has 0 bridgehead atoms. The summed E-state index contributed by atoms with van der Waals surface area (Å²) in [5.74, 6) is 3.10. The molecule has 0 radical (unpaired) electrons. The van der Waals surface area contributed by atoms with Crippen LogP contribution >= 0.6 is 0 Å². The van der Waals surface area contributed by atoms with E-state index in [1.165, 1.54) is 24.8 Å². The number of nitriles is 1. The highest BCUT2D eigenvalue weighted by atomic mass is 16.5. The van der Waals surface area contributed by atoms with E-state index in [-0.39, 0.29) is 11.9 Å². The fourth-order valence-electron chi connectivity index (χ4n) is 6.51. The second-order valence-electron chi connectivity index (χ2n) is 10.7. The zero-order valence-corrected chi connectivity index (χ0v) is 21.3. The van der Waals surface area contributed by atoms with Crippen molar-refractivity contribution in [1.29, 1.82) is 5.26 Å². The number of hydrogen-bond acceptors (Lipinski definition) is 5. The second-order valence-corrected chi connectivity index (χ2v) is 10.7. The predicted molar refractivity (Wildman–Crippen MR) is 140 cm³/mol. The molecule has 1 amide bonds. The maximum atomic E-state index is 13.8. The number of piperazine rings is 1. The standard InChI is InChI=1S/C30H33N5O2/c1-37-28-4-2-3-25(29(28)24-15-22-14-23(22)16-24)30(36)35-11-9-34(10-12-35)27(26-18-32-19-33-26)13-20-5-7-21(17-31)8-6-20/h2-8,18-19,22-24,27H,9-16H2,1H3,(H,32,33). The number of aromatic nitrogens is 2. The lowest BCUT2D eigenvalue weighted by Gasteiger charge is -2.39. The van der Waals surface area contributed by atoms with Crippen LogP contribution in [0.5, 0.6) is 5.75 Å². The molecule has 2 aliphatic carbocycles. The third-order valence-electron chi connectivity index (χ3n) is 8.60. The minimum atomic E-state index is 0.124. The second kappa shape index (κ2) is 10.0.